The van der Waals surface area contributed by atoms with Crippen LogP contribution in [0.5, 0.6) is 0 Å². The molecular weight excluding hydrogens is 210 g/mol. The number of unbranched alkanes of at least 4 members (excludes halogenated alkanes) is 3. The Balaban J connectivity index is 2.43. The van der Waals surface area contributed by atoms with Crippen LogP contribution in [0.2, 0.25) is 0 Å². The maximum Gasteiger partial charge on any atom is 0.0540 e. The molecule has 0 saturated carbocycles. The van der Waals surface area contributed by atoms with Crippen LogP contribution in [0, 0.1) is 6.92 Å². The molecule has 1 atom stereocenters. The van der Waals surface area contributed by atoms with E-state index >= 15 is 0 Å². The minimum Gasteiger partial charge on any atom is -0.313 e. The molecule has 0 spiro atoms. The summed E-state index contributed by atoms with van der Waals surface area (Å²) in [4.78, 5) is 0. The van der Waals surface area contributed by atoms with E-state index in [4.69, 9.17) is 0 Å². The van der Waals surface area contributed by atoms with Crippen LogP contribution < -0.4 is 5.32 Å². The van der Waals surface area contributed by atoms with Gasteiger partial charge in [0.25, 0.3) is 0 Å². The van der Waals surface area contributed by atoms with Crippen LogP contribution in [-0.4, -0.2) is 16.8 Å². The van der Waals surface area contributed by atoms with E-state index in [9.17, 15) is 0 Å². The fourth-order valence-corrected chi connectivity index (χ4v) is 2.13. The zero-order valence-corrected chi connectivity index (χ0v) is 11.4. The predicted molar refractivity (Wildman–Crippen MR) is 73.0 cm³/mol. The topological polar surface area (TPSA) is 29.9 Å². The van der Waals surface area contributed by atoms with Gasteiger partial charge in [0, 0.05) is 24.3 Å². The molecule has 0 saturated heterocycles. The van der Waals surface area contributed by atoms with Gasteiger partial charge in [0.15, 0.2) is 0 Å². The third kappa shape index (κ3) is 4.00. The van der Waals surface area contributed by atoms with Crippen molar-refractivity contribution in [3.05, 3.63) is 30.1 Å². The van der Waals surface area contributed by atoms with E-state index in [1.54, 1.807) is 0 Å². The minimum absolute atomic E-state index is 0.437. The van der Waals surface area contributed by atoms with Crippen LogP contribution in [0.25, 0.3) is 0 Å². The van der Waals surface area contributed by atoms with Gasteiger partial charge in [-0.2, -0.15) is 5.10 Å². The average Bonchev–Trinajstić information content (AvgIpc) is 2.66. The van der Waals surface area contributed by atoms with Gasteiger partial charge in [-0.25, -0.2) is 0 Å². The lowest BCUT2D eigenvalue weighted by Crippen LogP contribution is -2.17. The number of hydrogen-bond donors (Lipinski definition) is 1. The first kappa shape index (κ1) is 14.0. The third-order valence-electron chi connectivity index (χ3n) is 3.40. The maximum absolute atomic E-state index is 4.31. The molecule has 17 heavy (non-hydrogen) atoms. The summed E-state index contributed by atoms with van der Waals surface area (Å²) < 4.78 is 1.94. The smallest absolute Gasteiger partial charge is 0.0540 e. The molecule has 3 nitrogen and oxygen atoms in total. The highest BCUT2D eigenvalue weighted by atomic mass is 15.3. The van der Waals surface area contributed by atoms with E-state index in [2.05, 4.69) is 23.9 Å². The average molecular weight is 235 g/mol. The Hall–Kier alpha value is -1.09. The molecule has 1 heterocycles. The number of hydrogen-bond acceptors (Lipinski definition) is 2. The molecule has 0 aliphatic rings. The van der Waals surface area contributed by atoms with E-state index in [1.807, 2.05) is 31.1 Å². The summed E-state index contributed by atoms with van der Waals surface area (Å²) in [7, 11) is 4.02. The fraction of sp³-hybridized carbons (Fsp3) is 0.643. The van der Waals surface area contributed by atoms with E-state index in [-0.39, 0.29) is 0 Å². The van der Waals surface area contributed by atoms with Crippen molar-refractivity contribution in [2.24, 2.45) is 7.05 Å². The summed E-state index contributed by atoms with van der Waals surface area (Å²) in [5.41, 5.74) is 2.59. The second-order valence-corrected chi connectivity index (χ2v) is 4.58. The van der Waals surface area contributed by atoms with Crippen LogP contribution in [0.4, 0.5) is 0 Å². The second kappa shape index (κ2) is 7.28. The first-order valence-electron chi connectivity index (χ1n) is 6.47. The number of nitrogens with one attached hydrogen (secondary N) is 1. The molecule has 1 aromatic heterocycles. The molecular formula is C14H25N3. The number of aryl methyl sites for hydroxylation is 1. The molecule has 0 aliphatic heterocycles. The summed E-state index contributed by atoms with van der Waals surface area (Å²) in [5.74, 6) is 0. The van der Waals surface area contributed by atoms with Gasteiger partial charge in [-0.05, 0) is 33.2 Å². The van der Waals surface area contributed by atoms with Gasteiger partial charge in [-0.1, -0.05) is 18.9 Å². The Bertz CT molecular complexity index is 341. The zero-order valence-electron chi connectivity index (χ0n) is 11.4. The fourth-order valence-electron chi connectivity index (χ4n) is 2.13. The van der Waals surface area contributed by atoms with E-state index in [1.165, 1.54) is 36.9 Å². The molecule has 1 rings (SSSR count). The predicted octanol–water partition coefficient (Wildman–Crippen LogP) is 3.13. The molecule has 1 aromatic rings. The number of rotatable bonds is 8. The van der Waals surface area contributed by atoms with Gasteiger partial charge >= 0.3 is 0 Å². The summed E-state index contributed by atoms with van der Waals surface area (Å²) in [6.07, 6.45) is 10.1. The number of allylic oxidation sites excluding steroid dienone is 1. The lowest BCUT2D eigenvalue weighted by atomic mass is 10.0. The van der Waals surface area contributed by atoms with Gasteiger partial charge in [-0.3, -0.25) is 4.68 Å². The van der Waals surface area contributed by atoms with E-state index < -0.39 is 0 Å². The molecule has 3 heteroatoms. The number of nitrogens with zero attached hydrogens (tertiary/aromatic N) is 2. The maximum atomic E-state index is 4.31. The molecule has 0 fully saturated rings. The quantitative estimate of drug-likeness (QED) is 0.554. The van der Waals surface area contributed by atoms with Crippen molar-refractivity contribution in [2.75, 3.05) is 7.05 Å². The molecule has 0 amide bonds. The molecule has 1 N–H and O–H groups in total. The second-order valence-electron chi connectivity index (χ2n) is 4.58. The van der Waals surface area contributed by atoms with Gasteiger partial charge in [-0.15, -0.1) is 6.58 Å². The van der Waals surface area contributed by atoms with Crippen LogP contribution >= 0.6 is 0 Å². The Morgan fingerprint density at radius 2 is 2.24 bits per heavy atom. The summed E-state index contributed by atoms with van der Waals surface area (Å²) in [6.45, 7) is 5.88. The van der Waals surface area contributed by atoms with Crippen molar-refractivity contribution in [1.82, 2.24) is 15.1 Å². The standard InChI is InChI=1S/C14H25N3/c1-5-6-7-8-9-10-14(15-3)13-11-16-17(4)12(13)2/h5,11,14-15H,1,6-10H2,2-4H3. The Morgan fingerprint density at radius 1 is 1.47 bits per heavy atom. The molecule has 0 radical (unpaired) electrons. The lowest BCUT2D eigenvalue weighted by Gasteiger charge is -2.15. The van der Waals surface area contributed by atoms with Crippen LogP contribution in [-0.2, 0) is 7.05 Å². The van der Waals surface area contributed by atoms with Gasteiger partial charge in [0.1, 0.15) is 0 Å². The van der Waals surface area contributed by atoms with Crippen molar-refractivity contribution in [3.63, 3.8) is 0 Å². The zero-order chi connectivity index (χ0) is 12.7. The van der Waals surface area contributed by atoms with Crippen molar-refractivity contribution >= 4 is 0 Å². The SMILES string of the molecule is C=CCCCCCC(NC)c1cnn(C)c1C. The first-order valence-corrected chi connectivity index (χ1v) is 6.47. The van der Waals surface area contributed by atoms with Crippen molar-refractivity contribution < 1.29 is 0 Å². The number of aromatic nitrogens is 2. The molecule has 0 bridgehead atoms. The largest absolute Gasteiger partial charge is 0.313 e. The summed E-state index contributed by atoms with van der Waals surface area (Å²) in [6, 6.07) is 0.437. The minimum atomic E-state index is 0.437. The normalized spacial score (nSPS) is 12.6. The van der Waals surface area contributed by atoms with Crippen LogP contribution in [0.15, 0.2) is 18.9 Å². The molecule has 1 unspecified atom stereocenters. The van der Waals surface area contributed by atoms with Crippen molar-refractivity contribution in [3.8, 4) is 0 Å². The van der Waals surface area contributed by atoms with Crippen molar-refractivity contribution in [2.45, 2.75) is 45.1 Å². The monoisotopic (exact) mass is 235 g/mol. The van der Waals surface area contributed by atoms with Gasteiger partial charge < -0.3 is 5.32 Å². The highest BCUT2D eigenvalue weighted by Gasteiger charge is 2.14. The first-order chi connectivity index (χ1) is 8.20. The molecule has 0 aromatic carbocycles. The van der Waals surface area contributed by atoms with Gasteiger partial charge in [0.2, 0.25) is 0 Å². The van der Waals surface area contributed by atoms with Crippen LogP contribution in [0.3, 0.4) is 0 Å². The van der Waals surface area contributed by atoms with Crippen LogP contribution in [0.1, 0.15) is 49.4 Å². The Kier molecular flexibility index (Phi) is 5.98. The highest BCUT2D eigenvalue weighted by molar-refractivity contribution is 5.20. The van der Waals surface area contributed by atoms with E-state index in [0.717, 1.165) is 6.42 Å². The Labute approximate surface area is 105 Å². The Morgan fingerprint density at radius 3 is 2.76 bits per heavy atom. The van der Waals surface area contributed by atoms with Crippen molar-refractivity contribution in [1.29, 1.82) is 0 Å². The molecule has 96 valence electrons. The third-order valence-corrected chi connectivity index (χ3v) is 3.40. The summed E-state index contributed by atoms with van der Waals surface area (Å²) >= 11 is 0. The van der Waals surface area contributed by atoms with Gasteiger partial charge in [0.05, 0.1) is 6.20 Å². The highest BCUT2D eigenvalue weighted by Crippen LogP contribution is 2.22. The molecule has 0 aliphatic carbocycles. The van der Waals surface area contributed by atoms with E-state index in [0.29, 0.717) is 6.04 Å². The lowest BCUT2D eigenvalue weighted by molar-refractivity contribution is 0.505. The summed E-state index contributed by atoms with van der Waals surface area (Å²) in [5, 5.41) is 7.70.